The maximum atomic E-state index is 6.17. The molecular formula is C17H25N3O. The summed E-state index contributed by atoms with van der Waals surface area (Å²) in [5.41, 5.74) is 2.33. The fraction of sp³-hybridized carbons (Fsp3) is 0.588. The number of nitrogens with zero attached hydrogens (tertiary/aromatic N) is 3. The van der Waals surface area contributed by atoms with Crippen LogP contribution >= 0.6 is 0 Å². The lowest BCUT2D eigenvalue weighted by Crippen LogP contribution is -2.56. The SMILES string of the molecule is CC(C)c1ccc(OC2CN(C(C)C)C2)c2nn(C)cc12. The lowest BCUT2D eigenvalue weighted by atomic mass is 9.99. The zero-order chi connectivity index (χ0) is 15.1. The maximum absolute atomic E-state index is 6.17. The highest BCUT2D eigenvalue weighted by Gasteiger charge is 2.30. The van der Waals surface area contributed by atoms with Crippen molar-refractivity contribution >= 4 is 10.9 Å². The molecule has 4 nitrogen and oxygen atoms in total. The van der Waals surface area contributed by atoms with Crippen LogP contribution in [0.3, 0.4) is 0 Å². The highest BCUT2D eigenvalue weighted by Crippen LogP contribution is 2.32. The van der Waals surface area contributed by atoms with Crippen LogP contribution in [0.1, 0.15) is 39.2 Å². The lowest BCUT2D eigenvalue weighted by molar-refractivity contribution is 0.000862. The second-order valence-electron chi connectivity index (χ2n) is 6.66. The smallest absolute Gasteiger partial charge is 0.147 e. The lowest BCUT2D eigenvalue weighted by Gasteiger charge is -2.41. The van der Waals surface area contributed by atoms with E-state index in [2.05, 4.69) is 56.0 Å². The van der Waals surface area contributed by atoms with Gasteiger partial charge >= 0.3 is 0 Å². The van der Waals surface area contributed by atoms with Gasteiger partial charge in [0.1, 0.15) is 17.4 Å². The van der Waals surface area contributed by atoms with Crippen LogP contribution in [0.4, 0.5) is 0 Å². The number of hydrogen-bond acceptors (Lipinski definition) is 3. The number of hydrogen-bond donors (Lipinski definition) is 0. The standard InChI is InChI=1S/C17H25N3O/c1-11(2)14-6-7-16(17-15(14)10-19(5)18-17)21-13-8-20(9-13)12(3)4/h6-7,10-13H,8-9H2,1-5H3. The Balaban J connectivity index is 1.85. The minimum atomic E-state index is 0.294. The largest absolute Gasteiger partial charge is 0.485 e. The second-order valence-corrected chi connectivity index (χ2v) is 6.66. The quantitative estimate of drug-likeness (QED) is 0.865. The fourth-order valence-electron chi connectivity index (χ4n) is 2.96. The highest BCUT2D eigenvalue weighted by molar-refractivity contribution is 5.87. The number of benzene rings is 1. The summed E-state index contributed by atoms with van der Waals surface area (Å²) in [6.07, 6.45) is 2.39. The molecule has 0 amide bonds. The Bertz CT molecular complexity index is 639. The van der Waals surface area contributed by atoms with E-state index in [0.717, 1.165) is 24.4 Å². The number of aromatic nitrogens is 2. The zero-order valence-corrected chi connectivity index (χ0v) is 13.6. The first-order valence-electron chi connectivity index (χ1n) is 7.82. The Morgan fingerprint density at radius 3 is 2.52 bits per heavy atom. The highest BCUT2D eigenvalue weighted by atomic mass is 16.5. The molecule has 0 bridgehead atoms. The van der Waals surface area contributed by atoms with Gasteiger partial charge in [0, 0.05) is 37.8 Å². The molecule has 1 saturated heterocycles. The first-order chi connectivity index (χ1) is 9.95. The molecule has 0 radical (unpaired) electrons. The van der Waals surface area contributed by atoms with Gasteiger partial charge in [0.15, 0.2) is 0 Å². The van der Waals surface area contributed by atoms with Crippen molar-refractivity contribution in [2.75, 3.05) is 13.1 Å². The number of ether oxygens (including phenoxy) is 1. The van der Waals surface area contributed by atoms with Crippen LogP contribution in [0.5, 0.6) is 5.75 Å². The molecule has 0 N–H and O–H groups in total. The molecule has 0 aliphatic carbocycles. The first-order valence-corrected chi connectivity index (χ1v) is 7.82. The van der Waals surface area contributed by atoms with Crippen LogP contribution in [0.15, 0.2) is 18.3 Å². The summed E-state index contributed by atoms with van der Waals surface area (Å²) in [7, 11) is 1.97. The average Bonchev–Trinajstić information content (AvgIpc) is 2.73. The van der Waals surface area contributed by atoms with E-state index in [-0.39, 0.29) is 0 Å². The van der Waals surface area contributed by atoms with Crippen molar-refractivity contribution in [3.63, 3.8) is 0 Å². The van der Waals surface area contributed by atoms with Crippen LogP contribution in [0, 0.1) is 0 Å². The molecular weight excluding hydrogens is 262 g/mol. The van der Waals surface area contributed by atoms with Gasteiger partial charge in [0.25, 0.3) is 0 Å². The van der Waals surface area contributed by atoms with E-state index < -0.39 is 0 Å². The number of aryl methyl sites for hydroxylation is 1. The predicted molar refractivity (Wildman–Crippen MR) is 85.9 cm³/mol. The Morgan fingerprint density at radius 2 is 1.90 bits per heavy atom. The summed E-state index contributed by atoms with van der Waals surface area (Å²) in [5, 5.41) is 5.81. The third kappa shape index (κ3) is 2.64. The van der Waals surface area contributed by atoms with E-state index in [9.17, 15) is 0 Å². The van der Waals surface area contributed by atoms with Gasteiger partial charge in [-0.15, -0.1) is 0 Å². The Morgan fingerprint density at radius 1 is 1.19 bits per heavy atom. The number of fused-ring (bicyclic) bond motifs is 1. The summed E-state index contributed by atoms with van der Waals surface area (Å²) in [6, 6.07) is 4.87. The average molecular weight is 287 g/mol. The third-order valence-corrected chi connectivity index (χ3v) is 4.31. The van der Waals surface area contributed by atoms with Gasteiger partial charge in [0.2, 0.25) is 0 Å². The molecule has 21 heavy (non-hydrogen) atoms. The Labute approximate surface area is 126 Å². The van der Waals surface area contributed by atoms with Crippen molar-refractivity contribution in [3.05, 3.63) is 23.9 Å². The van der Waals surface area contributed by atoms with Crippen molar-refractivity contribution in [3.8, 4) is 5.75 Å². The van der Waals surface area contributed by atoms with E-state index >= 15 is 0 Å². The minimum Gasteiger partial charge on any atom is -0.485 e. The summed E-state index contributed by atoms with van der Waals surface area (Å²) in [4.78, 5) is 2.42. The molecule has 2 aromatic rings. The van der Waals surface area contributed by atoms with Crippen LogP contribution in [0.25, 0.3) is 10.9 Å². The molecule has 1 fully saturated rings. The summed E-state index contributed by atoms with van der Waals surface area (Å²) in [5.74, 6) is 1.41. The topological polar surface area (TPSA) is 30.3 Å². The van der Waals surface area contributed by atoms with Gasteiger partial charge < -0.3 is 4.74 Å². The van der Waals surface area contributed by atoms with E-state index in [4.69, 9.17) is 4.74 Å². The van der Waals surface area contributed by atoms with Gasteiger partial charge in [0.05, 0.1) is 0 Å². The molecule has 0 saturated carbocycles. The molecule has 3 rings (SSSR count). The summed E-state index contributed by atoms with van der Waals surface area (Å²) in [6.45, 7) is 10.9. The van der Waals surface area contributed by atoms with E-state index in [0.29, 0.717) is 18.1 Å². The normalized spacial score (nSPS) is 16.9. The number of rotatable bonds is 4. The monoisotopic (exact) mass is 287 g/mol. The van der Waals surface area contributed by atoms with Crippen molar-refractivity contribution in [1.29, 1.82) is 0 Å². The molecule has 0 atom stereocenters. The molecule has 4 heteroatoms. The van der Waals surface area contributed by atoms with Crippen molar-refractivity contribution in [1.82, 2.24) is 14.7 Å². The van der Waals surface area contributed by atoms with Gasteiger partial charge in [-0.25, -0.2) is 0 Å². The molecule has 2 heterocycles. The molecule has 1 aliphatic heterocycles. The predicted octanol–water partition coefficient (Wildman–Crippen LogP) is 3.17. The molecule has 1 aromatic carbocycles. The van der Waals surface area contributed by atoms with Crippen molar-refractivity contribution in [2.45, 2.75) is 45.8 Å². The van der Waals surface area contributed by atoms with Gasteiger partial charge in [-0.1, -0.05) is 19.9 Å². The minimum absolute atomic E-state index is 0.294. The van der Waals surface area contributed by atoms with Crippen LogP contribution < -0.4 is 4.74 Å². The van der Waals surface area contributed by atoms with Crippen molar-refractivity contribution in [2.24, 2.45) is 7.05 Å². The van der Waals surface area contributed by atoms with E-state index in [1.807, 2.05) is 11.7 Å². The van der Waals surface area contributed by atoms with Crippen LogP contribution in [0.2, 0.25) is 0 Å². The first kappa shape index (κ1) is 14.4. The van der Waals surface area contributed by atoms with Gasteiger partial charge in [-0.2, -0.15) is 5.10 Å². The molecule has 0 spiro atoms. The molecule has 0 unspecified atom stereocenters. The van der Waals surface area contributed by atoms with E-state index in [1.165, 1.54) is 10.9 Å². The zero-order valence-electron chi connectivity index (χ0n) is 13.6. The van der Waals surface area contributed by atoms with Crippen LogP contribution in [-0.2, 0) is 7.05 Å². The molecule has 1 aromatic heterocycles. The summed E-state index contributed by atoms with van der Waals surface area (Å²) >= 11 is 0. The number of likely N-dealkylation sites (tertiary alicyclic amines) is 1. The van der Waals surface area contributed by atoms with E-state index in [1.54, 1.807) is 0 Å². The van der Waals surface area contributed by atoms with Gasteiger partial charge in [-0.3, -0.25) is 9.58 Å². The summed E-state index contributed by atoms with van der Waals surface area (Å²) < 4.78 is 8.05. The van der Waals surface area contributed by atoms with Crippen LogP contribution in [-0.4, -0.2) is 39.9 Å². The second kappa shape index (κ2) is 5.34. The Hall–Kier alpha value is -1.55. The Kier molecular flexibility index (Phi) is 3.66. The van der Waals surface area contributed by atoms with Crippen molar-refractivity contribution < 1.29 is 4.74 Å². The molecule has 114 valence electrons. The molecule has 1 aliphatic rings. The maximum Gasteiger partial charge on any atom is 0.147 e. The van der Waals surface area contributed by atoms with Gasteiger partial charge in [-0.05, 0) is 31.4 Å². The third-order valence-electron chi connectivity index (χ3n) is 4.31. The fourth-order valence-corrected chi connectivity index (χ4v) is 2.96.